The Hall–Kier alpha value is -1.80. The van der Waals surface area contributed by atoms with Gasteiger partial charge in [-0.2, -0.15) is 0 Å². The summed E-state index contributed by atoms with van der Waals surface area (Å²) >= 11 is 0. The molecule has 0 bridgehead atoms. The minimum absolute atomic E-state index is 0. The van der Waals surface area contributed by atoms with E-state index in [0.717, 1.165) is 24.3 Å². The fourth-order valence-electron chi connectivity index (χ4n) is 2.76. The van der Waals surface area contributed by atoms with E-state index in [2.05, 4.69) is 53.7 Å². The average Bonchev–Trinajstić information content (AvgIpc) is 2.72. The lowest BCUT2D eigenvalue weighted by molar-refractivity contribution is 0.187. The second kappa shape index (κ2) is 12.6. The Morgan fingerprint density at radius 2 is 1.64 bits per heavy atom. The third-order valence-corrected chi connectivity index (χ3v) is 4.51. The Labute approximate surface area is 185 Å². The summed E-state index contributed by atoms with van der Waals surface area (Å²) in [5, 5.41) is 17.0. The van der Waals surface area contributed by atoms with E-state index in [1.807, 2.05) is 31.2 Å². The van der Waals surface area contributed by atoms with Crippen LogP contribution in [0.2, 0.25) is 0 Å². The molecule has 0 amide bonds. The van der Waals surface area contributed by atoms with Crippen molar-refractivity contribution in [2.24, 2.45) is 4.99 Å². The summed E-state index contributed by atoms with van der Waals surface area (Å²) in [4.78, 5) is 4.54. The van der Waals surface area contributed by atoms with Crippen molar-refractivity contribution in [3.8, 4) is 5.75 Å². The van der Waals surface area contributed by atoms with Crippen molar-refractivity contribution in [3.05, 3.63) is 65.2 Å². The van der Waals surface area contributed by atoms with E-state index in [0.29, 0.717) is 5.96 Å². The SMILES string of the molecule is CCNC(=NCC(O)c1ccc(OC)cc1)NC(C)c1ccc(CC)cc1.I. The van der Waals surface area contributed by atoms with Gasteiger partial charge in [-0.25, -0.2) is 0 Å². The number of methoxy groups -OCH3 is 1. The highest BCUT2D eigenvalue weighted by atomic mass is 127. The predicted octanol–water partition coefficient (Wildman–Crippen LogP) is 4.23. The smallest absolute Gasteiger partial charge is 0.191 e. The fourth-order valence-corrected chi connectivity index (χ4v) is 2.76. The molecule has 2 atom stereocenters. The van der Waals surface area contributed by atoms with E-state index in [-0.39, 0.29) is 36.6 Å². The van der Waals surface area contributed by atoms with Gasteiger partial charge >= 0.3 is 0 Å². The molecule has 0 aromatic heterocycles. The number of aliphatic hydroxyl groups is 1. The summed E-state index contributed by atoms with van der Waals surface area (Å²) in [6, 6.07) is 16.1. The van der Waals surface area contributed by atoms with Crippen LogP contribution < -0.4 is 15.4 Å². The van der Waals surface area contributed by atoms with E-state index < -0.39 is 6.10 Å². The maximum absolute atomic E-state index is 10.4. The zero-order valence-corrected chi connectivity index (χ0v) is 19.4. The van der Waals surface area contributed by atoms with Crippen molar-refractivity contribution >= 4 is 29.9 Å². The van der Waals surface area contributed by atoms with Crippen molar-refractivity contribution in [3.63, 3.8) is 0 Å². The van der Waals surface area contributed by atoms with Gasteiger partial charge in [0.1, 0.15) is 5.75 Å². The van der Waals surface area contributed by atoms with Crippen LogP contribution in [0.3, 0.4) is 0 Å². The summed E-state index contributed by atoms with van der Waals surface area (Å²) in [7, 11) is 1.63. The number of hydrogen-bond acceptors (Lipinski definition) is 3. The molecule has 0 aliphatic carbocycles. The molecule has 2 rings (SSSR count). The van der Waals surface area contributed by atoms with Crippen molar-refractivity contribution < 1.29 is 9.84 Å². The molecule has 2 aromatic carbocycles. The van der Waals surface area contributed by atoms with Crippen LogP contribution in [-0.4, -0.2) is 31.3 Å². The second-order valence-electron chi connectivity index (χ2n) is 6.47. The first-order valence-corrected chi connectivity index (χ1v) is 9.53. The third-order valence-electron chi connectivity index (χ3n) is 4.51. The number of nitrogens with one attached hydrogen (secondary N) is 2. The van der Waals surface area contributed by atoms with Gasteiger partial charge in [0.05, 0.1) is 25.8 Å². The molecule has 28 heavy (non-hydrogen) atoms. The topological polar surface area (TPSA) is 65.9 Å². The minimum Gasteiger partial charge on any atom is -0.497 e. The standard InChI is InChI=1S/C22H31N3O2.HI/c1-5-17-7-9-18(10-8-17)16(3)25-22(23-6-2)24-15-21(26)19-11-13-20(27-4)14-12-19;/h7-14,16,21,26H,5-6,15H2,1-4H3,(H2,23,24,25);1H. The Bertz CT molecular complexity index is 718. The molecular formula is C22H32IN3O2. The first-order chi connectivity index (χ1) is 13.1. The first-order valence-electron chi connectivity index (χ1n) is 9.53. The van der Waals surface area contributed by atoms with E-state index in [9.17, 15) is 5.11 Å². The minimum atomic E-state index is -0.662. The Morgan fingerprint density at radius 1 is 1.04 bits per heavy atom. The van der Waals surface area contributed by atoms with Crippen LogP contribution in [0, 0.1) is 0 Å². The molecule has 0 radical (unpaired) electrons. The number of halogens is 1. The maximum Gasteiger partial charge on any atom is 0.191 e. The molecule has 3 N–H and O–H groups in total. The van der Waals surface area contributed by atoms with Gasteiger partial charge in [0, 0.05) is 6.54 Å². The predicted molar refractivity (Wildman–Crippen MR) is 127 cm³/mol. The summed E-state index contributed by atoms with van der Waals surface area (Å²) in [6.07, 6.45) is 0.376. The number of aliphatic hydroxyl groups excluding tert-OH is 1. The largest absolute Gasteiger partial charge is 0.497 e. The number of hydrogen-bond donors (Lipinski definition) is 3. The van der Waals surface area contributed by atoms with Gasteiger partial charge in [-0.05, 0) is 49.1 Å². The highest BCUT2D eigenvalue weighted by Crippen LogP contribution is 2.18. The van der Waals surface area contributed by atoms with Crippen LogP contribution in [-0.2, 0) is 6.42 Å². The molecule has 0 saturated heterocycles. The van der Waals surface area contributed by atoms with Crippen LogP contribution in [0.5, 0.6) is 5.75 Å². The molecule has 0 spiro atoms. The van der Waals surface area contributed by atoms with Crippen molar-refractivity contribution in [1.82, 2.24) is 10.6 Å². The van der Waals surface area contributed by atoms with Gasteiger partial charge < -0.3 is 20.5 Å². The molecule has 0 fully saturated rings. The van der Waals surface area contributed by atoms with Gasteiger partial charge in [-0.1, -0.05) is 43.3 Å². The Morgan fingerprint density at radius 3 is 2.18 bits per heavy atom. The lowest BCUT2D eigenvalue weighted by atomic mass is 10.1. The van der Waals surface area contributed by atoms with Gasteiger partial charge in [-0.15, -0.1) is 24.0 Å². The normalized spacial score (nSPS) is 13.2. The number of aryl methyl sites for hydroxylation is 1. The second-order valence-corrected chi connectivity index (χ2v) is 6.47. The lowest BCUT2D eigenvalue weighted by Gasteiger charge is -2.19. The first kappa shape index (κ1) is 24.2. The zero-order valence-electron chi connectivity index (χ0n) is 17.1. The van der Waals surface area contributed by atoms with Gasteiger partial charge in [0.2, 0.25) is 0 Å². The van der Waals surface area contributed by atoms with Crippen LogP contribution in [0.4, 0.5) is 0 Å². The van der Waals surface area contributed by atoms with E-state index in [1.165, 1.54) is 11.1 Å². The van der Waals surface area contributed by atoms with Gasteiger partial charge in [0.15, 0.2) is 5.96 Å². The van der Waals surface area contributed by atoms with Crippen LogP contribution in [0.25, 0.3) is 0 Å². The number of benzene rings is 2. The summed E-state index contributed by atoms with van der Waals surface area (Å²) in [5.74, 6) is 1.46. The van der Waals surface area contributed by atoms with Crippen molar-refractivity contribution in [1.29, 1.82) is 0 Å². The van der Waals surface area contributed by atoms with Crippen LogP contribution >= 0.6 is 24.0 Å². The lowest BCUT2D eigenvalue weighted by Crippen LogP contribution is -2.39. The number of rotatable bonds is 8. The fraction of sp³-hybridized carbons (Fsp3) is 0.409. The number of aliphatic imine (C=N–C) groups is 1. The average molecular weight is 497 g/mol. The molecule has 2 aromatic rings. The van der Waals surface area contributed by atoms with Crippen LogP contribution in [0.15, 0.2) is 53.5 Å². The molecule has 154 valence electrons. The van der Waals surface area contributed by atoms with Crippen molar-refractivity contribution in [2.75, 3.05) is 20.2 Å². The van der Waals surface area contributed by atoms with E-state index in [1.54, 1.807) is 7.11 Å². The molecule has 0 heterocycles. The molecule has 5 nitrogen and oxygen atoms in total. The highest BCUT2D eigenvalue weighted by molar-refractivity contribution is 14.0. The third kappa shape index (κ3) is 7.31. The molecule has 0 saturated carbocycles. The van der Waals surface area contributed by atoms with Crippen LogP contribution in [0.1, 0.15) is 49.6 Å². The maximum atomic E-state index is 10.4. The summed E-state index contributed by atoms with van der Waals surface area (Å²) in [6.45, 7) is 7.32. The molecular weight excluding hydrogens is 465 g/mol. The zero-order chi connectivity index (χ0) is 19.6. The van der Waals surface area contributed by atoms with E-state index in [4.69, 9.17) is 4.74 Å². The molecule has 2 unspecified atom stereocenters. The monoisotopic (exact) mass is 497 g/mol. The van der Waals surface area contributed by atoms with Gasteiger partial charge in [0.25, 0.3) is 0 Å². The quantitative estimate of drug-likeness (QED) is 0.290. The summed E-state index contributed by atoms with van der Waals surface area (Å²) < 4.78 is 5.15. The van der Waals surface area contributed by atoms with Gasteiger partial charge in [-0.3, -0.25) is 4.99 Å². The molecule has 0 aliphatic rings. The Kier molecular flexibility index (Phi) is 10.9. The van der Waals surface area contributed by atoms with E-state index >= 15 is 0 Å². The molecule has 6 heteroatoms. The number of guanidine groups is 1. The summed E-state index contributed by atoms with van der Waals surface area (Å²) in [5.41, 5.74) is 3.35. The Balaban J connectivity index is 0.00000392. The number of nitrogens with zero attached hydrogens (tertiary/aromatic N) is 1. The highest BCUT2D eigenvalue weighted by Gasteiger charge is 2.10. The number of ether oxygens (including phenoxy) is 1. The molecule has 0 aliphatic heterocycles. The van der Waals surface area contributed by atoms with Crippen molar-refractivity contribution in [2.45, 2.75) is 39.3 Å².